The van der Waals surface area contributed by atoms with Crippen molar-refractivity contribution in [2.75, 3.05) is 13.1 Å². The molecular weight excluding hydrogens is 280 g/mol. The van der Waals surface area contributed by atoms with Crippen molar-refractivity contribution in [1.82, 2.24) is 4.90 Å². The van der Waals surface area contributed by atoms with Gasteiger partial charge in [0.2, 0.25) is 0 Å². The Hall–Kier alpha value is -1.85. The number of likely N-dealkylation sites (tertiary alicyclic amines) is 1. The van der Waals surface area contributed by atoms with E-state index >= 15 is 0 Å². The molecule has 1 fully saturated rings. The van der Waals surface area contributed by atoms with Gasteiger partial charge < -0.3 is 14.4 Å². The van der Waals surface area contributed by atoms with Crippen LogP contribution in [0.25, 0.3) is 0 Å². The maximum absolute atomic E-state index is 13.5. The molecule has 21 heavy (non-hydrogen) atoms. The molecule has 0 radical (unpaired) electrons. The number of ether oxygens (including phenoxy) is 2. The number of carbonyl (C=O) groups excluding carboxylic acids is 1. The first kappa shape index (κ1) is 15.5. The Morgan fingerprint density at radius 3 is 2.48 bits per heavy atom. The van der Waals surface area contributed by atoms with E-state index in [0.29, 0.717) is 13.0 Å². The summed E-state index contributed by atoms with van der Waals surface area (Å²) in [5.41, 5.74) is -0.576. The lowest BCUT2D eigenvalue weighted by Crippen LogP contribution is -2.36. The number of nitrogens with zero attached hydrogens (tertiary/aromatic N) is 1. The lowest BCUT2D eigenvalue weighted by Gasteiger charge is -2.24. The van der Waals surface area contributed by atoms with E-state index in [1.807, 2.05) is 0 Å². The van der Waals surface area contributed by atoms with Gasteiger partial charge in [-0.3, -0.25) is 0 Å². The van der Waals surface area contributed by atoms with E-state index < -0.39 is 35.2 Å². The Kier molecular flexibility index (Phi) is 4.34. The number of hydrogen-bond acceptors (Lipinski definition) is 3. The molecule has 1 aliphatic heterocycles. The average Bonchev–Trinajstić information content (AvgIpc) is 2.80. The summed E-state index contributed by atoms with van der Waals surface area (Å²) in [6.45, 7) is 6.04. The molecule has 2 rings (SSSR count). The number of rotatable bonds is 2. The van der Waals surface area contributed by atoms with Crippen LogP contribution in [0.15, 0.2) is 18.2 Å². The zero-order valence-corrected chi connectivity index (χ0v) is 12.4. The molecule has 1 heterocycles. The first-order valence-corrected chi connectivity index (χ1v) is 6.85. The molecular formula is C15H19F2NO3. The van der Waals surface area contributed by atoms with Crippen LogP contribution in [0.2, 0.25) is 0 Å². The highest BCUT2D eigenvalue weighted by Crippen LogP contribution is 2.25. The van der Waals surface area contributed by atoms with E-state index in [4.69, 9.17) is 9.47 Å². The van der Waals surface area contributed by atoms with Gasteiger partial charge in [-0.2, -0.15) is 0 Å². The SMILES string of the molecule is CC(C)(C)OC(=O)N1CC[C@@H](Oc2c(F)cccc2F)C1. The average molecular weight is 299 g/mol. The summed E-state index contributed by atoms with van der Waals surface area (Å²) in [6, 6.07) is 3.55. The van der Waals surface area contributed by atoms with Crippen molar-refractivity contribution in [3.8, 4) is 5.75 Å². The molecule has 0 unspecified atom stereocenters. The number of amides is 1. The second-order valence-electron chi connectivity index (χ2n) is 6.01. The topological polar surface area (TPSA) is 38.8 Å². The molecule has 0 saturated carbocycles. The third-order valence-electron chi connectivity index (χ3n) is 3.00. The van der Waals surface area contributed by atoms with E-state index in [9.17, 15) is 13.6 Å². The van der Waals surface area contributed by atoms with Crippen LogP contribution < -0.4 is 4.74 Å². The fourth-order valence-corrected chi connectivity index (χ4v) is 2.08. The molecule has 1 aromatic rings. The number of para-hydroxylation sites is 1. The van der Waals surface area contributed by atoms with Crippen molar-refractivity contribution in [2.24, 2.45) is 0 Å². The Labute approximate surface area is 122 Å². The van der Waals surface area contributed by atoms with Gasteiger partial charge in [-0.05, 0) is 32.9 Å². The van der Waals surface area contributed by atoms with Gasteiger partial charge in [-0.25, -0.2) is 13.6 Å². The monoisotopic (exact) mass is 299 g/mol. The molecule has 0 N–H and O–H groups in total. The summed E-state index contributed by atoms with van der Waals surface area (Å²) in [5.74, 6) is -1.88. The van der Waals surface area contributed by atoms with Crippen molar-refractivity contribution in [1.29, 1.82) is 0 Å². The number of benzene rings is 1. The van der Waals surface area contributed by atoms with Gasteiger partial charge in [0.15, 0.2) is 17.4 Å². The molecule has 0 spiro atoms. The standard InChI is InChI=1S/C15H19F2NO3/c1-15(2,3)21-14(19)18-8-7-10(9-18)20-13-11(16)5-4-6-12(13)17/h4-6,10H,7-9H2,1-3H3/t10-/m1/s1. The second kappa shape index (κ2) is 5.87. The van der Waals surface area contributed by atoms with Crippen LogP contribution in [0, 0.1) is 11.6 Å². The van der Waals surface area contributed by atoms with Crippen molar-refractivity contribution in [3.05, 3.63) is 29.8 Å². The normalized spacial score (nSPS) is 18.7. The molecule has 0 aliphatic carbocycles. The number of hydrogen-bond donors (Lipinski definition) is 0. The molecule has 1 aliphatic rings. The molecule has 1 aromatic carbocycles. The molecule has 0 bridgehead atoms. The van der Waals surface area contributed by atoms with Crippen LogP contribution in [-0.2, 0) is 4.74 Å². The van der Waals surface area contributed by atoms with Crippen LogP contribution in [0.3, 0.4) is 0 Å². The van der Waals surface area contributed by atoms with Crippen molar-refractivity contribution in [2.45, 2.75) is 38.9 Å². The van der Waals surface area contributed by atoms with E-state index in [1.165, 1.54) is 11.0 Å². The van der Waals surface area contributed by atoms with Crippen molar-refractivity contribution in [3.63, 3.8) is 0 Å². The third kappa shape index (κ3) is 4.06. The van der Waals surface area contributed by atoms with Gasteiger partial charge in [-0.1, -0.05) is 6.07 Å². The van der Waals surface area contributed by atoms with Crippen LogP contribution in [-0.4, -0.2) is 35.8 Å². The molecule has 4 nitrogen and oxygen atoms in total. The largest absolute Gasteiger partial charge is 0.482 e. The molecule has 1 atom stereocenters. The maximum Gasteiger partial charge on any atom is 0.410 e. The van der Waals surface area contributed by atoms with Gasteiger partial charge in [0.1, 0.15) is 11.7 Å². The Bertz CT molecular complexity index is 508. The fraction of sp³-hybridized carbons (Fsp3) is 0.533. The fourth-order valence-electron chi connectivity index (χ4n) is 2.08. The smallest absolute Gasteiger partial charge is 0.410 e. The molecule has 1 saturated heterocycles. The van der Waals surface area contributed by atoms with E-state index in [0.717, 1.165) is 12.1 Å². The van der Waals surface area contributed by atoms with Gasteiger partial charge >= 0.3 is 6.09 Å². The minimum Gasteiger partial charge on any atom is -0.482 e. The number of carbonyl (C=O) groups is 1. The highest BCUT2D eigenvalue weighted by atomic mass is 19.1. The van der Waals surface area contributed by atoms with Crippen LogP contribution in [0.5, 0.6) is 5.75 Å². The Morgan fingerprint density at radius 2 is 1.90 bits per heavy atom. The van der Waals surface area contributed by atoms with Crippen molar-refractivity contribution < 1.29 is 23.0 Å². The zero-order valence-electron chi connectivity index (χ0n) is 12.4. The van der Waals surface area contributed by atoms with Gasteiger partial charge in [0, 0.05) is 13.0 Å². The zero-order chi connectivity index (χ0) is 15.6. The first-order valence-electron chi connectivity index (χ1n) is 6.85. The summed E-state index contributed by atoms with van der Waals surface area (Å²) < 4.78 is 37.6. The Morgan fingerprint density at radius 1 is 1.29 bits per heavy atom. The van der Waals surface area contributed by atoms with Gasteiger partial charge in [0.25, 0.3) is 0 Å². The maximum atomic E-state index is 13.5. The minimum absolute atomic E-state index is 0.253. The predicted molar refractivity (Wildman–Crippen MR) is 73.2 cm³/mol. The predicted octanol–water partition coefficient (Wildman–Crippen LogP) is 3.35. The van der Waals surface area contributed by atoms with E-state index in [2.05, 4.69) is 0 Å². The van der Waals surface area contributed by atoms with Crippen molar-refractivity contribution >= 4 is 6.09 Å². The summed E-state index contributed by atoms with van der Waals surface area (Å²) in [6.07, 6.45) is -0.376. The molecule has 116 valence electrons. The summed E-state index contributed by atoms with van der Waals surface area (Å²) in [4.78, 5) is 13.4. The van der Waals surface area contributed by atoms with E-state index in [-0.39, 0.29) is 6.54 Å². The minimum atomic E-state index is -0.745. The lowest BCUT2D eigenvalue weighted by molar-refractivity contribution is 0.0274. The van der Waals surface area contributed by atoms with Crippen LogP contribution in [0.1, 0.15) is 27.2 Å². The highest BCUT2D eigenvalue weighted by molar-refractivity contribution is 5.68. The quantitative estimate of drug-likeness (QED) is 0.840. The molecule has 0 aromatic heterocycles. The Balaban J connectivity index is 1.95. The van der Waals surface area contributed by atoms with Gasteiger partial charge in [-0.15, -0.1) is 0 Å². The van der Waals surface area contributed by atoms with Crippen LogP contribution >= 0.6 is 0 Å². The summed E-state index contributed by atoms with van der Waals surface area (Å²) >= 11 is 0. The number of halogens is 2. The lowest BCUT2D eigenvalue weighted by atomic mass is 10.2. The summed E-state index contributed by atoms with van der Waals surface area (Å²) in [7, 11) is 0. The third-order valence-corrected chi connectivity index (χ3v) is 3.00. The second-order valence-corrected chi connectivity index (χ2v) is 6.01. The van der Waals surface area contributed by atoms with Crippen LogP contribution in [0.4, 0.5) is 13.6 Å². The van der Waals surface area contributed by atoms with Gasteiger partial charge in [0.05, 0.1) is 6.54 Å². The highest BCUT2D eigenvalue weighted by Gasteiger charge is 2.31. The molecule has 1 amide bonds. The molecule has 6 heteroatoms. The van der Waals surface area contributed by atoms with E-state index in [1.54, 1.807) is 20.8 Å². The first-order chi connectivity index (χ1) is 9.76. The summed E-state index contributed by atoms with van der Waals surface area (Å²) in [5, 5.41) is 0.